The van der Waals surface area contributed by atoms with Crippen LogP contribution in [0.15, 0.2) is 72.8 Å². The molecule has 4 N–H and O–H groups in total. The zero-order valence-corrected chi connectivity index (χ0v) is 22.8. The van der Waals surface area contributed by atoms with Gasteiger partial charge in [0.15, 0.2) is 0 Å². The molecule has 1 amide bonds. The summed E-state index contributed by atoms with van der Waals surface area (Å²) in [7, 11) is 1.59. The van der Waals surface area contributed by atoms with E-state index < -0.39 is 37.1 Å². The van der Waals surface area contributed by atoms with Crippen molar-refractivity contribution < 1.29 is 39.1 Å². The van der Waals surface area contributed by atoms with Crippen LogP contribution in [-0.2, 0) is 22.4 Å². The lowest BCUT2D eigenvalue weighted by Gasteiger charge is -2.48. The quantitative estimate of drug-likeness (QED) is 0.279. The van der Waals surface area contributed by atoms with Crippen LogP contribution in [-0.4, -0.2) is 70.6 Å². The summed E-state index contributed by atoms with van der Waals surface area (Å²) in [5.41, 5.74) is 3.61. The van der Waals surface area contributed by atoms with Crippen molar-refractivity contribution in [2.45, 2.75) is 62.2 Å². The van der Waals surface area contributed by atoms with Gasteiger partial charge in [-0.2, -0.15) is 0 Å². The van der Waals surface area contributed by atoms with E-state index in [4.69, 9.17) is 9.47 Å². The Bertz CT molecular complexity index is 1300. The minimum Gasteiger partial charge on any atom is -0.497 e. The third kappa shape index (κ3) is 6.14. The second-order valence-corrected chi connectivity index (χ2v) is 10.8. The molecule has 0 aromatic heterocycles. The van der Waals surface area contributed by atoms with Crippen LogP contribution in [0.2, 0.25) is 0 Å². The summed E-state index contributed by atoms with van der Waals surface area (Å²) >= 11 is 0. The summed E-state index contributed by atoms with van der Waals surface area (Å²) in [6.07, 6.45) is -3.37. The predicted molar refractivity (Wildman–Crippen MR) is 150 cm³/mol. The first-order chi connectivity index (χ1) is 19.8. The number of β-lactam (4-membered cyclic amide) rings is 1. The molecule has 2 fully saturated rings. The molecule has 3 aromatic carbocycles. The van der Waals surface area contributed by atoms with Gasteiger partial charge in [0.1, 0.15) is 36.0 Å². The lowest BCUT2D eigenvalue weighted by Crippen LogP contribution is -2.59. The number of benzene rings is 3. The van der Waals surface area contributed by atoms with Gasteiger partial charge in [0.2, 0.25) is 5.91 Å². The molecule has 218 valence electrons. The van der Waals surface area contributed by atoms with Crippen LogP contribution < -0.4 is 9.64 Å². The maximum absolute atomic E-state index is 13.4. The van der Waals surface area contributed by atoms with Gasteiger partial charge >= 0.3 is 0 Å². The zero-order chi connectivity index (χ0) is 29.1. The van der Waals surface area contributed by atoms with E-state index in [0.717, 1.165) is 35.2 Å². The van der Waals surface area contributed by atoms with Gasteiger partial charge in [-0.3, -0.25) is 4.79 Å². The lowest BCUT2D eigenvalue weighted by molar-refractivity contribution is -0.228. The Labute approximate surface area is 238 Å². The standard InChI is InChI=1S/C32H36FNO7/c1-40-24-15-13-23(14-16-24)34-28(25(32(34)39)4-2-3-19-7-11-22(33)12-8-19)21-9-5-20(6-10-21)17-26-29(36)31(38)30(37)27(18-35)41-26/h5-16,25-31,35-38H,2-4,17-18H2,1H3/t25?,26-,27-,28?,29+,30-,31-/m1/s1. The number of hydrogen-bond donors (Lipinski definition) is 4. The minimum atomic E-state index is -1.42. The molecule has 0 bridgehead atoms. The number of hydrogen-bond acceptors (Lipinski definition) is 7. The number of amides is 1. The maximum Gasteiger partial charge on any atom is 0.233 e. The van der Waals surface area contributed by atoms with Crippen molar-refractivity contribution in [3.63, 3.8) is 0 Å². The summed E-state index contributed by atoms with van der Waals surface area (Å²) in [6, 6.07) is 21.4. The first kappa shape index (κ1) is 29.2. The number of carbonyl (C=O) groups excluding carboxylic acids is 1. The predicted octanol–water partition coefficient (Wildman–Crippen LogP) is 2.95. The number of rotatable bonds is 10. The topological polar surface area (TPSA) is 120 Å². The molecule has 41 heavy (non-hydrogen) atoms. The van der Waals surface area contributed by atoms with Gasteiger partial charge in [0.05, 0.1) is 31.8 Å². The summed E-state index contributed by atoms with van der Waals surface area (Å²) in [5.74, 6) is 0.262. The van der Waals surface area contributed by atoms with E-state index in [1.54, 1.807) is 24.1 Å². The van der Waals surface area contributed by atoms with Crippen molar-refractivity contribution in [3.8, 4) is 5.75 Å². The van der Waals surface area contributed by atoms with Crippen LogP contribution in [0.25, 0.3) is 0 Å². The van der Waals surface area contributed by atoms with E-state index in [2.05, 4.69) is 0 Å². The Hall–Kier alpha value is -3.34. The summed E-state index contributed by atoms with van der Waals surface area (Å²) in [5, 5.41) is 40.1. The molecule has 0 radical (unpaired) electrons. The van der Waals surface area contributed by atoms with E-state index in [1.807, 2.05) is 48.5 Å². The van der Waals surface area contributed by atoms with Crippen LogP contribution in [0, 0.1) is 11.7 Å². The van der Waals surface area contributed by atoms with E-state index in [-0.39, 0.29) is 30.1 Å². The third-order valence-corrected chi connectivity index (χ3v) is 8.21. The smallest absolute Gasteiger partial charge is 0.233 e. The Morgan fingerprint density at radius 2 is 1.49 bits per heavy atom. The van der Waals surface area contributed by atoms with Crippen LogP contribution >= 0.6 is 0 Å². The SMILES string of the molecule is COc1ccc(N2C(=O)C(CCCc3ccc(F)cc3)C2c2ccc(C[C@H]3O[C@H](CO)[C@@H](O)[C@H](O)[C@H]3O)cc2)cc1. The first-order valence-corrected chi connectivity index (χ1v) is 13.9. The molecule has 5 rings (SSSR count). The van der Waals surface area contributed by atoms with Gasteiger partial charge in [0, 0.05) is 12.1 Å². The summed E-state index contributed by atoms with van der Waals surface area (Å²) in [6.45, 7) is -0.472. The largest absolute Gasteiger partial charge is 0.497 e. The van der Waals surface area contributed by atoms with Gasteiger partial charge < -0.3 is 34.8 Å². The molecule has 0 saturated carbocycles. The van der Waals surface area contributed by atoms with Gasteiger partial charge in [-0.05, 0) is 72.4 Å². The molecule has 0 aliphatic carbocycles. The molecule has 8 nitrogen and oxygen atoms in total. The molecule has 2 heterocycles. The number of ether oxygens (including phenoxy) is 2. The number of carbonyl (C=O) groups is 1. The Morgan fingerprint density at radius 3 is 2.12 bits per heavy atom. The molecule has 7 atom stereocenters. The van der Waals surface area contributed by atoms with Crippen molar-refractivity contribution in [1.82, 2.24) is 0 Å². The third-order valence-electron chi connectivity index (χ3n) is 8.21. The Balaban J connectivity index is 1.32. The average Bonchev–Trinajstić information content (AvgIpc) is 2.99. The molecule has 3 aromatic rings. The molecule has 2 aliphatic rings. The second kappa shape index (κ2) is 12.7. The fraction of sp³-hybridized carbons (Fsp3) is 0.406. The number of aryl methyl sites for hydroxylation is 1. The number of aliphatic hydroxyl groups excluding tert-OH is 4. The van der Waals surface area contributed by atoms with Crippen LogP contribution in [0.4, 0.5) is 10.1 Å². The number of anilines is 1. The molecular weight excluding hydrogens is 529 g/mol. The summed E-state index contributed by atoms with van der Waals surface area (Å²) in [4.78, 5) is 15.2. The minimum absolute atomic E-state index is 0.0460. The number of halogens is 1. The highest BCUT2D eigenvalue weighted by Gasteiger charge is 2.48. The fourth-order valence-electron chi connectivity index (χ4n) is 5.85. The number of aliphatic hydroxyl groups is 4. The monoisotopic (exact) mass is 565 g/mol. The van der Waals surface area contributed by atoms with E-state index >= 15 is 0 Å². The van der Waals surface area contributed by atoms with Gasteiger partial charge in [0.25, 0.3) is 0 Å². The number of methoxy groups -OCH3 is 1. The van der Waals surface area contributed by atoms with Crippen LogP contribution in [0.5, 0.6) is 5.75 Å². The van der Waals surface area contributed by atoms with Crippen molar-refractivity contribution in [1.29, 1.82) is 0 Å². The van der Waals surface area contributed by atoms with Gasteiger partial charge in [-0.15, -0.1) is 0 Å². The average molecular weight is 566 g/mol. The first-order valence-electron chi connectivity index (χ1n) is 13.9. The van der Waals surface area contributed by atoms with E-state index in [0.29, 0.717) is 12.2 Å². The molecular formula is C32H36FNO7. The molecule has 2 saturated heterocycles. The van der Waals surface area contributed by atoms with E-state index in [1.165, 1.54) is 12.1 Å². The molecule has 2 aliphatic heterocycles. The Morgan fingerprint density at radius 1 is 0.854 bits per heavy atom. The van der Waals surface area contributed by atoms with Crippen molar-refractivity contribution in [3.05, 3.63) is 95.3 Å². The highest BCUT2D eigenvalue weighted by molar-refractivity contribution is 6.03. The second-order valence-electron chi connectivity index (χ2n) is 10.8. The van der Waals surface area contributed by atoms with Gasteiger partial charge in [-0.25, -0.2) is 4.39 Å². The van der Waals surface area contributed by atoms with Crippen LogP contribution in [0.3, 0.4) is 0 Å². The van der Waals surface area contributed by atoms with E-state index in [9.17, 15) is 29.6 Å². The Kier molecular flexibility index (Phi) is 9.01. The summed E-state index contributed by atoms with van der Waals surface area (Å²) < 4.78 is 24.2. The van der Waals surface area contributed by atoms with Crippen molar-refractivity contribution in [2.24, 2.45) is 5.92 Å². The zero-order valence-electron chi connectivity index (χ0n) is 22.8. The fourth-order valence-corrected chi connectivity index (χ4v) is 5.85. The highest BCUT2D eigenvalue weighted by Crippen LogP contribution is 2.46. The van der Waals surface area contributed by atoms with Gasteiger partial charge in [-0.1, -0.05) is 36.4 Å². The molecule has 9 heteroatoms. The van der Waals surface area contributed by atoms with Crippen LogP contribution in [0.1, 0.15) is 35.6 Å². The van der Waals surface area contributed by atoms with Crippen molar-refractivity contribution in [2.75, 3.05) is 18.6 Å². The number of nitrogens with zero attached hydrogens (tertiary/aromatic N) is 1. The maximum atomic E-state index is 13.4. The molecule has 0 spiro atoms. The molecule has 2 unspecified atom stereocenters. The normalized spacial score (nSPS) is 27.9. The van der Waals surface area contributed by atoms with Crippen molar-refractivity contribution >= 4 is 11.6 Å². The highest BCUT2D eigenvalue weighted by atomic mass is 19.1. The lowest BCUT2D eigenvalue weighted by atomic mass is 9.78.